The summed E-state index contributed by atoms with van der Waals surface area (Å²) in [5.41, 5.74) is 1.94. The zero-order valence-corrected chi connectivity index (χ0v) is 9.53. The molecule has 0 atom stereocenters. The van der Waals surface area contributed by atoms with Crippen LogP contribution >= 0.6 is 0 Å². The van der Waals surface area contributed by atoms with Gasteiger partial charge in [0, 0.05) is 18.8 Å². The number of benzene rings is 1. The maximum absolute atomic E-state index is 8.70. The second kappa shape index (κ2) is 6.08. The smallest absolute Gasteiger partial charge is 0.0991 e. The molecule has 0 aliphatic carbocycles. The highest BCUT2D eigenvalue weighted by Crippen LogP contribution is 2.15. The normalized spacial score (nSPS) is 9.67. The Labute approximate surface area is 92.1 Å². The van der Waals surface area contributed by atoms with Crippen molar-refractivity contribution in [2.24, 2.45) is 0 Å². The Bertz CT molecular complexity index is 321. The lowest BCUT2D eigenvalue weighted by Crippen LogP contribution is -2.23. The summed E-state index contributed by atoms with van der Waals surface area (Å²) in [6.45, 7) is 6.48. The minimum absolute atomic E-state index is 0.727. The third-order valence-corrected chi connectivity index (χ3v) is 2.52. The number of anilines is 1. The van der Waals surface area contributed by atoms with Crippen molar-refractivity contribution in [3.05, 3.63) is 29.8 Å². The van der Waals surface area contributed by atoms with Gasteiger partial charge in [0.2, 0.25) is 0 Å². The van der Waals surface area contributed by atoms with E-state index in [0.29, 0.717) is 0 Å². The third-order valence-electron chi connectivity index (χ3n) is 2.52. The molecular formula is C13H18N2. The van der Waals surface area contributed by atoms with Gasteiger partial charge in [0.15, 0.2) is 0 Å². The molecule has 80 valence electrons. The number of unbranched alkanes of at least 4 members (excludes halogenated alkanes) is 1. The Morgan fingerprint density at radius 3 is 2.33 bits per heavy atom. The van der Waals surface area contributed by atoms with Crippen LogP contribution in [-0.4, -0.2) is 13.1 Å². The Morgan fingerprint density at radius 2 is 1.87 bits per heavy atom. The summed E-state index contributed by atoms with van der Waals surface area (Å²) in [6.07, 6.45) is 2.43. The molecule has 0 aromatic heterocycles. The van der Waals surface area contributed by atoms with E-state index in [-0.39, 0.29) is 0 Å². The van der Waals surface area contributed by atoms with Crippen LogP contribution < -0.4 is 4.90 Å². The van der Waals surface area contributed by atoms with Crippen molar-refractivity contribution < 1.29 is 0 Å². The molecule has 0 saturated carbocycles. The van der Waals surface area contributed by atoms with Crippen molar-refractivity contribution in [1.82, 2.24) is 0 Å². The minimum atomic E-state index is 0.727. The Hall–Kier alpha value is -1.49. The highest BCUT2D eigenvalue weighted by molar-refractivity contribution is 5.49. The fourth-order valence-corrected chi connectivity index (χ4v) is 1.57. The second-order valence-electron chi connectivity index (χ2n) is 3.59. The number of nitrogens with zero attached hydrogens (tertiary/aromatic N) is 2. The molecule has 0 radical (unpaired) electrons. The molecule has 15 heavy (non-hydrogen) atoms. The predicted octanol–water partition coefficient (Wildman–Crippen LogP) is 3.18. The van der Waals surface area contributed by atoms with E-state index in [2.05, 4.69) is 24.8 Å². The molecule has 0 bridgehead atoms. The summed E-state index contributed by atoms with van der Waals surface area (Å²) >= 11 is 0. The average Bonchev–Trinajstić information content (AvgIpc) is 2.31. The van der Waals surface area contributed by atoms with Gasteiger partial charge in [-0.2, -0.15) is 5.26 Å². The first kappa shape index (κ1) is 11.6. The first-order valence-corrected chi connectivity index (χ1v) is 5.57. The van der Waals surface area contributed by atoms with Gasteiger partial charge in [0.05, 0.1) is 11.6 Å². The van der Waals surface area contributed by atoms with Crippen LogP contribution in [0.2, 0.25) is 0 Å². The van der Waals surface area contributed by atoms with E-state index >= 15 is 0 Å². The van der Waals surface area contributed by atoms with E-state index in [1.54, 1.807) is 0 Å². The van der Waals surface area contributed by atoms with Gasteiger partial charge >= 0.3 is 0 Å². The van der Waals surface area contributed by atoms with Gasteiger partial charge in [-0.1, -0.05) is 13.3 Å². The summed E-state index contributed by atoms with van der Waals surface area (Å²) in [7, 11) is 0. The molecule has 0 unspecified atom stereocenters. The van der Waals surface area contributed by atoms with Crippen LogP contribution in [0.4, 0.5) is 5.69 Å². The van der Waals surface area contributed by atoms with Crippen molar-refractivity contribution in [3.63, 3.8) is 0 Å². The summed E-state index contributed by atoms with van der Waals surface area (Å²) < 4.78 is 0. The summed E-state index contributed by atoms with van der Waals surface area (Å²) in [6, 6.07) is 9.94. The van der Waals surface area contributed by atoms with Crippen molar-refractivity contribution in [2.45, 2.75) is 26.7 Å². The summed E-state index contributed by atoms with van der Waals surface area (Å²) in [4.78, 5) is 2.34. The van der Waals surface area contributed by atoms with Gasteiger partial charge in [-0.05, 0) is 37.6 Å². The van der Waals surface area contributed by atoms with Crippen molar-refractivity contribution in [3.8, 4) is 6.07 Å². The van der Waals surface area contributed by atoms with E-state index in [1.807, 2.05) is 24.3 Å². The van der Waals surface area contributed by atoms with Gasteiger partial charge in [-0.3, -0.25) is 0 Å². The second-order valence-corrected chi connectivity index (χ2v) is 3.59. The fraction of sp³-hybridized carbons (Fsp3) is 0.462. The largest absolute Gasteiger partial charge is 0.372 e. The van der Waals surface area contributed by atoms with E-state index in [0.717, 1.165) is 18.7 Å². The first-order valence-electron chi connectivity index (χ1n) is 5.57. The van der Waals surface area contributed by atoms with Crippen molar-refractivity contribution >= 4 is 5.69 Å². The summed E-state index contributed by atoms with van der Waals surface area (Å²) in [5, 5.41) is 8.70. The number of rotatable bonds is 5. The van der Waals surface area contributed by atoms with Crippen LogP contribution in [-0.2, 0) is 0 Å². The van der Waals surface area contributed by atoms with Gasteiger partial charge < -0.3 is 4.90 Å². The lowest BCUT2D eigenvalue weighted by atomic mass is 10.2. The van der Waals surface area contributed by atoms with Crippen LogP contribution in [0.1, 0.15) is 32.3 Å². The molecule has 1 aromatic rings. The van der Waals surface area contributed by atoms with Crippen LogP contribution in [0.25, 0.3) is 0 Å². The molecule has 0 aliphatic rings. The number of nitriles is 1. The van der Waals surface area contributed by atoms with E-state index < -0.39 is 0 Å². The molecule has 0 N–H and O–H groups in total. The maximum atomic E-state index is 8.70. The topological polar surface area (TPSA) is 27.0 Å². The van der Waals surface area contributed by atoms with Gasteiger partial charge in [-0.15, -0.1) is 0 Å². The molecule has 0 fully saturated rings. The van der Waals surface area contributed by atoms with Gasteiger partial charge in [-0.25, -0.2) is 0 Å². The van der Waals surface area contributed by atoms with Crippen LogP contribution in [0, 0.1) is 11.3 Å². The Morgan fingerprint density at radius 1 is 1.20 bits per heavy atom. The Kier molecular flexibility index (Phi) is 4.70. The van der Waals surface area contributed by atoms with E-state index in [9.17, 15) is 0 Å². The number of hydrogen-bond donors (Lipinski definition) is 0. The lowest BCUT2D eigenvalue weighted by molar-refractivity contribution is 0.732. The van der Waals surface area contributed by atoms with E-state index in [4.69, 9.17) is 5.26 Å². The van der Waals surface area contributed by atoms with Crippen molar-refractivity contribution in [2.75, 3.05) is 18.0 Å². The van der Waals surface area contributed by atoms with Gasteiger partial charge in [0.25, 0.3) is 0 Å². The molecule has 2 heteroatoms. The van der Waals surface area contributed by atoms with Crippen LogP contribution in [0.3, 0.4) is 0 Å². The quantitative estimate of drug-likeness (QED) is 0.733. The standard InChI is InChI=1S/C13H18N2/c1-3-5-10-15(4-2)13-8-6-12(11-14)7-9-13/h6-9H,3-5,10H2,1-2H3. The highest BCUT2D eigenvalue weighted by Gasteiger charge is 2.02. The minimum Gasteiger partial charge on any atom is -0.372 e. The first-order chi connectivity index (χ1) is 7.31. The number of hydrogen-bond acceptors (Lipinski definition) is 2. The molecule has 1 rings (SSSR count). The van der Waals surface area contributed by atoms with Crippen LogP contribution in [0.5, 0.6) is 0 Å². The predicted molar refractivity (Wildman–Crippen MR) is 64.0 cm³/mol. The average molecular weight is 202 g/mol. The lowest BCUT2D eigenvalue weighted by Gasteiger charge is -2.22. The third kappa shape index (κ3) is 3.28. The molecule has 2 nitrogen and oxygen atoms in total. The fourth-order valence-electron chi connectivity index (χ4n) is 1.57. The molecule has 0 spiro atoms. The molecule has 0 heterocycles. The van der Waals surface area contributed by atoms with Crippen molar-refractivity contribution in [1.29, 1.82) is 5.26 Å². The zero-order valence-electron chi connectivity index (χ0n) is 9.53. The Balaban J connectivity index is 2.70. The van der Waals surface area contributed by atoms with Gasteiger partial charge in [0.1, 0.15) is 0 Å². The van der Waals surface area contributed by atoms with Crippen LogP contribution in [0.15, 0.2) is 24.3 Å². The molecule has 0 aliphatic heterocycles. The maximum Gasteiger partial charge on any atom is 0.0991 e. The molecule has 0 amide bonds. The zero-order chi connectivity index (χ0) is 11.1. The monoisotopic (exact) mass is 202 g/mol. The molecule has 0 saturated heterocycles. The van der Waals surface area contributed by atoms with E-state index in [1.165, 1.54) is 18.5 Å². The highest BCUT2D eigenvalue weighted by atomic mass is 15.1. The summed E-state index contributed by atoms with van der Waals surface area (Å²) in [5.74, 6) is 0. The SMILES string of the molecule is CCCCN(CC)c1ccc(C#N)cc1. The molecular weight excluding hydrogens is 184 g/mol. The molecule has 1 aromatic carbocycles.